The maximum atomic E-state index is 12.3. The molecular formula is C15H11Br2F3N2O2S. The van der Waals surface area contributed by atoms with Gasteiger partial charge in [0.15, 0.2) is 5.75 Å². The molecule has 25 heavy (non-hydrogen) atoms. The summed E-state index contributed by atoms with van der Waals surface area (Å²) in [6.07, 6.45) is 0. The van der Waals surface area contributed by atoms with E-state index in [1.165, 1.54) is 31.3 Å². The van der Waals surface area contributed by atoms with Crippen LogP contribution in [0.5, 0.6) is 11.5 Å². The number of amides is 2. The largest absolute Gasteiger partial charge is 0.455 e. The van der Waals surface area contributed by atoms with Crippen molar-refractivity contribution in [3.8, 4) is 11.5 Å². The van der Waals surface area contributed by atoms with E-state index >= 15 is 0 Å². The van der Waals surface area contributed by atoms with Crippen LogP contribution in [0.4, 0.5) is 23.7 Å². The van der Waals surface area contributed by atoms with Crippen molar-refractivity contribution in [2.45, 2.75) is 10.4 Å². The van der Waals surface area contributed by atoms with Crippen molar-refractivity contribution in [3.63, 3.8) is 0 Å². The molecule has 0 saturated carbocycles. The first-order chi connectivity index (χ1) is 11.7. The van der Waals surface area contributed by atoms with Crippen LogP contribution in [-0.4, -0.2) is 18.6 Å². The lowest BCUT2D eigenvalue weighted by atomic mass is 10.3. The van der Waals surface area contributed by atoms with Gasteiger partial charge in [-0.1, -0.05) is 0 Å². The Bertz CT molecular complexity index is 747. The summed E-state index contributed by atoms with van der Waals surface area (Å²) in [6.45, 7) is 0. The molecule has 134 valence electrons. The van der Waals surface area contributed by atoms with Crippen LogP contribution in [0.1, 0.15) is 0 Å². The Morgan fingerprint density at radius 3 is 2.16 bits per heavy atom. The second-order valence-corrected chi connectivity index (χ2v) is 7.44. The van der Waals surface area contributed by atoms with E-state index in [2.05, 4.69) is 42.5 Å². The first-order valence-electron chi connectivity index (χ1n) is 6.69. The standard InChI is InChI=1S/C15H11Br2F3N2O2S/c1-21-14(23)22-8-6-11(16)13(12(17)7-8)24-9-2-4-10(5-3-9)25-15(18,19)20/h2-7H,1H3,(H2,21,22,23). The predicted octanol–water partition coefficient (Wildman–Crippen LogP) is 6.37. The van der Waals surface area contributed by atoms with Gasteiger partial charge in [-0.2, -0.15) is 13.2 Å². The van der Waals surface area contributed by atoms with E-state index < -0.39 is 5.51 Å². The number of hydrogen-bond acceptors (Lipinski definition) is 3. The average molecular weight is 500 g/mol. The molecule has 0 aliphatic carbocycles. The third-order valence-electron chi connectivity index (χ3n) is 2.76. The number of hydrogen-bond donors (Lipinski definition) is 2. The predicted molar refractivity (Wildman–Crippen MR) is 98.3 cm³/mol. The Morgan fingerprint density at radius 2 is 1.68 bits per heavy atom. The number of halogens is 5. The van der Waals surface area contributed by atoms with Crippen LogP contribution in [0.2, 0.25) is 0 Å². The van der Waals surface area contributed by atoms with Crippen LogP contribution in [0.15, 0.2) is 50.2 Å². The van der Waals surface area contributed by atoms with Gasteiger partial charge in [0.05, 0.1) is 8.95 Å². The molecule has 2 N–H and O–H groups in total. The van der Waals surface area contributed by atoms with Crippen LogP contribution in [-0.2, 0) is 0 Å². The van der Waals surface area contributed by atoms with E-state index in [1.54, 1.807) is 12.1 Å². The van der Waals surface area contributed by atoms with Crippen molar-refractivity contribution in [1.29, 1.82) is 0 Å². The topological polar surface area (TPSA) is 50.4 Å². The third-order valence-corrected chi connectivity index (χ3v) is 4.68. The van der Waals surface area contributed by atoms with E-state index in [9.17, 15) is 18.0 Å². The summed E-state index contributed by atoms with van der Waals surface area (Å²) in [5.74, 6) is 0.804. The Balaban J connectivity index is 2.16. The summed E-state index contributed by atoms with van der Waals surface area (Å²) < 4.78 is 43.8. The lowest BCUT2D eigenvalue weighted by Gasteiger charge is -2.13. The van der Waals surface area contributed by atoms with E-state index in [1.807, 2.05) is 0 Å². The quantitative estimate of drug-likeness (QED) is 0.481. The van der Waals surface area contributed by atoms with E-state index in [0.29, 0.717) is 26.1 Å². The molecule has 0 aliphatic rings. The van der Waals surface area contributed by atoms with Gasteiger partial charge in [0.25, 0.3) is 0 Å². The second-order valence-electron chi connectivity index (χ2n) is 4.59. The minimum atomic E-state index is -4.33. The molecule has 10 heteroatoms. The number of alkyl halides is 3. The molecule has 0 aromatic heterocycles. The summed E-state index contributed by atoms with van der Waals surface area (Å²) >= 11 is 6.50. The van der Waals surface area contributed by atoms with Gasteiger partial charge in [-0.25, -0.2) is 4.79 Å². The maximum Gasteiger partial charge on any atom is 0.446 e. The third kappa shape index (κ3) is 6.12. The van der Waals surface area contributed by atoms with E-state index in [0.717, 1.165) is 0 Å². The number of urea groups is 1. The fraction of sp³-hybridized carbons (Fsp3) is 0.133. The van der Waals surface area contributed by atoms with Gasteiger partial charge in [0.1, 0.15) is 5.75 Å². The van der Waals surface area contributed by atoms with Crippen molar-refractivity contribution in [2.75, 3.05) is 12.4 Å². The van der Waals surface area contributed by atoms with Crippen molar-refractivity contribution in [2.24, 2.45) is 0 Å². The van der Waals surface area contributed by atoms with Crippen LogP contribution in [0, 0.1) is 0 Å². The molecule has 0 atom stereocenters. The molecule has 4 nitrogen and oxygen atoms in total. The zero-order chi connectivity index (χ0) is 18.6. The summed E-state index contributed by atoms with van der Waals surface area (Å²) in [7, 11) is 1.50. The summed E-state index contributed by atoms with van der Waals surface area (Å²) in [5.41, 5.74) is -3.80. The zero-order valence-electron chi connectivity index (χ0n) is 12.6. The normalized spacial score (nSPS) is 11.1. The highest BCUT2D eigenvalue weighted by Crippen LogP contribution is 2.41. The lowest BCUT2D eigenvalue weighted by Crippen LogP contribution is -2.24. The minimum Gasteiger partial charge on any atom is -0.455 e. The van der Waals surface area contributed by atoms with Gasteiger partial charge >= 0.3 is 11.5 Å². The molecule has 0 bridgehead atoms. The molecular weight excluding hydrogens is 489 g/mol. The molecule has 2 aromatic carbocycles. The number of carbonyl (C=O) groups is 1. The number of rotatable bonds is 4. The lowest BCUT2D eigenvalue weighted by molar-refractivity contribution is -0.0328. The van der Waals surface area contributed by atoms with Crippen molar-refractivity contribution < 1.29 is 22.7 Å². The molecule has 0 spiro atoms. The molecule has 0 aliphatic heterocycles. The summed E-state index contributed by atoms with van der Waals surface area (Å²) in [5, 5.41) is 5.05. The van der Waals surface area contributed by atoms with Crippen molar-refractivity contribution >= 4 is 55.3 Å². The van der Waals surface area contributed by atoms with Gasteiger partial charge < -0.3 is 15.4 Å². The Kier molecular flexibility index (Phi) is 6.64. The Labute approximate surface area is 162 Å². The SMILES string of the molecule is CNC(=O)Nc1cc(Br)c(Oc2ccc(SC(F)(F)F)cc2)c(Br)c1. The Hall–Kier alpha value is -1.39. The second kappa shape index (κ2) is 8.33. The monoisotopic (exact) mass is 498 g/mol. The zero-order valence-corrected chi connectivity index (χ0v) is 16.6. The molecule has 0 unspecified atom stereocenters. The first-order valence-corrected chi connectivity index (χ1v) is 9.09. The molecule has 0 saturated heterocycles. The molecule has 2 amide bonds. The molecule has 0 heterocycles. The van der Waals surface area contributed by atoms with Gasteiger partial charge in [-0.05, 0) is 80.0 Å². The summed E-state index contributed by atoms with van der Waals surface area (Å²) in [4.78, 5) is 11.4. The number of carbonyl (C=O) groups excluding carboxylic acids is 1. The number of thioether (sulfide) groups is 1. The van der Waals surface area contributed by atoms with Gasteiger partial charge in [-0.3, -0.25) is 0 Å². The fourth-order valence-corrected chi connectivity index (χ4v) is 3.64. The fourth-order valence-electron chi connectivity index (χ4n) is 1.75. The van der Waals surface area contributed by atoms with Gasteiger partial charge in [0, 0.05) is 17.6 Å². The highest BCUT2D eigenvalue weighted by atomic mass is 79.9. The van der Waals surface area contributed by atoms with Crippen LogP contribution < -0.4 is 15.4 Å². The van der Waals surface area contributed by atoms with Gasteiger partial charge in [0.2, 0.25) is 0 Å². The first kappa shape index (κ1) is 19.9. The van der Waals surface area contributed by atoms with E-state index in [-0.39, 0.29) is 22.7 Å². The van der Waals surface area contributed by atoms with Crippen molar-refractivity contribution in [1.82, 2.24) is 5.32 Å². The average Bonchev–Trinajstić information content (AvgIpc) is 2.51. The molecule has 2 rings (SSSR count). The van der Waals surface area contributed by atoms with Crippen LogP contribution in [0.3, 0.4) is 0 Å². The Morgan fingerprint density at radius 1 is 1.12 bits per heavy atom. The maximum absolute atomic E-state index is 12.3. The van der Waals surface area contributed by atoms with Crippen molar-refractivity contribution in [3.05, 3.63) is 45.3 Å². The number of ether oxygens (including phenoxy) is 1. The van der Waals surface area contributed by atoms with Gasteiger partial charge in [-0.15, -0.1) is 0 Å². The molecule has 0 fully saturated rings. The minimum absolute atomic E-state index is 0.0723. The number of nitrogens with one attached hydrogen (secondary N) is 2. The highest BCUT2D eigenvalue weighted by molar-refractivity contribution is 9.11. The number of benzene rings is 2. The molecule has 2 aromatic rings. The van der Waals surface area contributed by atoms with Crippen LogP contribution in [0.25, 0.3) is 0 Å². The highest BCUT2D eigenvalue weighted by Gasteiger charge is 2.29. The van der Waals surface area contributed by atoms with Crippen LogP contribution >= 0.6 is 43.6 Å². The molecule has 0 radical (unpaired) electrons. The summed E-state index contributed by atoms with van der Waals surface area (Å²) in [6, 6.07) is 8.47. The number of anilines is 1. The van der Waals surface area contributed by atoms with E-state index in [4.69, 9.17) is 4.74 Å². The smallest absolute Gasteiger partial charge is 0.446 e.